The largest absolute Gasteiger partial charge is 0.534 e. The van der Waals surface area contributed by atoms with Gasteiger partial charge in [0.1, 0.15) is 6.61 Å². The topological polar surface area (TPSA) is 72.9 Å². The molecule has 1 aliphatic heterocycles. The van der Waals surface area contributed by atoms with E-state index < -0.39 is 18.0 Å². The minimum absolute atomic E-state index is 0.0477. The Kier molecular flexibility index (Phi) is 5.14. The summed E-state index contributed by atoms with van der Waals surface area (Å²) in [5, 5.41) is 0.478. The van der Waals surface area contributed by atoms with Gasteiger partial charge in [0, 0.05) is 12.8 Å². The molecule has 0 aliphatic carbocycles. The van der Waals surface area contributed by atoms with E-state index in [1.165, 1.54) is 0 Å². The molecule has 0 unspecified atom stereocenters. The second-order valence-corrected chi connectivity index (χ2v) is 5.23. The van der Waals surface area contributed by atoms with Gasteiger partial charge in [0.05, 0.1) is 0 Å². The zero-order valence-corrected chi connectivity index (χ0v) is 12.8. The summed E-state index contributed by atoms with van der Waals surface area (Å²) < 4.78 is 5.02. The van der Waals surface area contributed by atoms with Crippen LogP contribution in [0.1, 0.15) is 42.9 Å². The maximum Gasteiger partial charge on any atom is 0.534 e. The minimum Gasteiger partial charge on any atom is -0.428 e. The third-order valence-electron chi connectivity index (χ3n) is 3.40. The lowest BCUT2D eigenvalue weighted by atomic mass is 10.0. The Morgan fingerprint density at radius 1 is 1.18 bits per heavy atom. The number of amides is 2. The van der Waals surface area contributed by atoms with Crippen LogP contribution < -0.4 is 0 Å². The van der Waals surface area contributed by atoms with E-state index in [-0.39, 0.29) is 19.4 Å². The summed E-state index contributed by atoms with van der Waals surface area (Å²) in [6.07, 6.45) is 0.941. The molecule has 0 bridgehead atoms. The summed E-state index contributed by atoms with van der Waals surface area (Å²) in [7, 11) is 0. The molecule has 1 fully saturated rings. The average Bonchev–Trinajstić information content (AvgIpc) is 2.79. The SMILES string of the molecule is CCCc1ccc(C)cc1COC(=O)ON1C(=O)CCC1=O. The van der Waals surface area contributed by atoms with Gasteiger partial charge in [0.15, 0.2) is 0 Å². The maximum atomic E-state index is 11.6. The van der Waals surface area contributed by atoms with Gasteiger partial charge in [-0.15, -0.1) is 0 Å². The summed E-state index contributed by atoms with van der Waals surface area (Å²) >= 11 is 0. The van der Waals surface area contributed by atoms with E-state index in [1.54, 1.807) is 0 Å². The van der Waals surface area contributed by atoms with Gasteiger partial charge < -0.3 is 4.74 Å². The summed E-state index contributed by atoms with van der Waals surface area (Å²) in [5.41, 5.74) is 3.07. The Labute approximate surface area is 129 Å². The Hall–Kier alpha value is -2.37. The molecule has 2 rings (SSSR count). The van der Waals surface area contributed by atoms with E-state index in [0.717, 1.165) is 29.5 Å². The number of hydrogen-bond acceptors (Lipinski definition) is 5. The number of benzene rings is 1. The zero-order chi connectivity index (χ0) is 16.1. The van der Waals surface area contributed by atoms with E-state index >= 15 is 0 Å². The lowest BCUT2D eigenvalue weighted by Gasteiger charge is -2.14. The molecule has 0 radical (unpaired) electrons. The van der Waals surface area contributed by atoms with Crippen molar-refractivity contribution in [2.45, 2.75) is 46.1 Å². The quantitative estimate of drug-likeness (QED) is 0.617. The molecule has 6 nitrogen and oxygen atoms in total. The normalized spacial score (nSPS) is 14.4. The fourth-order valence-corrected chi connectivity index (χ4v) is 2.30. The number of hydroxylamine groups is 2. The molecule has 6 heteroatoms. The first-order chi connectivity index (χ1) is 10.5. The molecule has 1 aliphatic rings. The number of ether oxygens (including phenoxy) is 1. The van der Waals surface area contributed by atoms with Crippen LogP contribution >= 0.6 is 0 Å². The van der Waals surface area contributed by atoms with Gasteiger partial charge in [-0.1, -0.05) is 42.2 Å². The number of rotatable bonds is 5. The Morgan fingerprint density at radius 2 is 1.86 bits per heavy atom. The van der Waals surface area contributed by atoms with Gasteiger partial charge in [-0.25, -0.2) is 4.79 Å². The number of aryl methyl sites for hydroxylation is 2. The van der Waals surface area contributed by atoms with Crippen LogP contribution in [-0.4, -0.2) is 23.0 Å². The zero-order valence-electron chi connectivity index (χ0n) is 12.8. The molecular weight excluding hydrogens is 286 g/mol. The van der Waals surface area contributed by atoms with Gasteiger partial charge in [-0.05, 0) is 24.5 Å². The monoisotopic (exact) mass is 305 g/mol. The number of nitrogens with zero attached hydrogens (tertiary/aromatic N) is 1. The lowest BCUT2D eigenvalue weighted by molar-refractivity contribution is -0.177. The summed E-state index contributed by atoms with van der Waals surface area (Å²) in [4.78, 5) is 39.0. The average molecular weight is 305 g/mol. The van der Waals surface area contributed by atoms with Crippen LogP contribution in [0.2, 0.25) is 0 Å². The molecule has 22 heavy (non-hydrogen) atoms. The highest BCUT2D eigenvalue weighted by molar-refractivity contribution is 6.01. The standard InChI is InChI=1S/C16H19NO5/c1-3-4-12-6-5-11(2)9-13(12)10-21-16(20)22-17-14(18)7-8-15(17)19/h5-6,9H,3-4,7-8,10H2,1-2H3. The maximum absolute atomic E-state index is 11.6. The van der Waals surface area contributed by atoms with E-state index in [0.29, 0.717) is 5.06 Å². The highest BCUT2D eigenvalue weighted by atomic mass is 16.8. The van der Waals surface area contributed by atoms with Crippen molar-refractivity contribution in [1.29, 1.82) is 0 Å². The molecule has 1 saturated heterocycles. The Balaban J connectivity index is 1.95. The van der Waals surface area contributed by atoms with Crippen molar-refractivity contribution in [2.75, 3.05) is 0 Å². The summed E-state index contributed by atoms with van der Waals surface area (Å²) in [5.74, 6) is -1.05. The van der Waals surface area contributed by atoms with Crippen molar-refractivity contribution in [1.82, 2.24) is 5.06 Å². The molecule has 1 aromatic rings. The first kappa shape index (κ1) is 16.0. The Bertz CT molecular complexity index is 580. The molecule has 0 aromatic heterocycles. The second-order valence-electron chi connectivity index (χ2n) is 5.23. The van der Waals surface area contributed by atoms with E-state index in [2.05, 4.69) is 11.8 Å². The molecule has 118 valence electrons. The van der Waals surface area contributed by atoms with Crippen LogP contribution in [0.25, 0.3) is 0 Å². The highest BCUT2D eigenvalue weighted by Gasteiger charge is 2.33. The predicted octanol–water partition coefficient (Wildman–Crippen LogP) is 2.66. The van der Waals surface area contributed by atoms with Gasteiger partial charge >= 0.3 is 6.16 Å². The number of carbonyl (C=O) groups excluding carboxylic acids is 3. The predicted molar refractivity (Wildman–Crippen MR) is 77.5 cm³/mol. The fraction of sp³-hybridized carbons (Fsp3) is 0.438. The fourth-order valence-electron chi connectivity index (χ4n) is 2.30. The first-order valence-electron chi connectivity index (χ1n) is 7.30. The smallest absolute Gasteiger partial charge is 0.428 e. The van der Waals surface area contributed by atoms with E-state index in [4.69, 9.17) is 4.74 Å². The second kappa shape index (κ2) is 7.06. The van der Waals surface area contributed by atoms with Gasteiger partial charge in [-0.3, -0.25) is 14.4 Å². The van der Waals surface area contributed by atoms with E-state index in [9.17, 15) is 14.4 Å². The molecule has 1 heterocycles. The van der Waals surface area contributed by atoms with Crippen LogP contribution in [0.5, 0.6) is 0 Å². The van der Waals surface area contributed by atoms with E-state index in [1.807, 2.05) is 25.1 Å². The van der Waals surface area contributed by atoms with Crippen LogP contribution in [0.4, 0.5) is 4.79 Å². The van der Waals surface area contributed by atoms with Crippen molar-refractivity contribution in [3.05, 3.63) is 34.9 Å². The number of imide groups is 1. The highest BCUT2D eigenvalue weighted by Crippen LogP contribution is 2.16. The number of hydrogen-bond donors (Lipinski definition) is 0. The van der Waals surface area contributed by atoms with Crippen LogP contribution in [0, 0.1) is 6.92 Å². The summed E-state index contributed by atoms with van der Waals surface area (Å²) in [6.45, 7) is 4.08. The van der Waals surface area contributed by atoms with Crippen molar-refractivity contribution in [3.63, 3.8) is 0 Å². The van der Waals surface area contributed by atoms with Gasteiger partial charge in [0.2, 0.25) is 0 Å². The third kappa shape index (κ3) is 3.84. The van der Waals surface area contributed by atoms with Crippen molar-refractivity contribution < 1.29 is 24.0 Å². The molecular formula is C16H19NO5. The number of carbonyl (C=O) groups is 3. The lowest BCUT2D eigenvalue weighted by Crippen LogP contribution is -2.32. The third-order valence-corrected chi connectivity index (χ3v) is 3.40. The molecule has 0 spiro atoms. The van der Waals surface area contributed by atoms with Crippen LogP contribution in [0.3, 0.4) is 0 Å². The molecule has 0 atom stereocenters. The molecule has 2 amide bonds. The van der Waals surface area contributed by atoms with Crippen LogP contribution in [0.15, 0.2) is 18.2 Å². The Morgan fingerprint density at radius 3 is 2.50 bits per heavy atom. The molecule has 0 N–H and O–H groups in total. The molecule has 1 aromatic carbocycles. The summed E-state index contributed by atoms with van der Waals surface area (Å²) in [6, 6.07) is 5.97. The van der Waals surface area contributed by atoms with Crippen molar-refractivity contribution in [2.24, 2.45) is 0 Å². The first-order valence-corrected chi connectivity index (χ1v) is 7.30. The van der Waals surface area contributed by atoms with Gasteiger partial charge in [0.25, 0.3) is 11.8 Å². The van der Waals surface area contributed by atoms with Crippen molar-refractivity contribution >= 4 is 18.0 Å². The van der Waals surface area contributed by atoms with Crippen LogP contribution in [-0.2, 0) is 32.2 Å². The molecule has 0 saturated carbocycles. The van der Waals surface area contributed by atoms with Gasteiger partial charge in [-0.2, -0.15) is 0 Å². The minimum atomic E-state index is -1.05. The van der Waals surface area contributed by atoms with Crippen molar-refractivity contribution in [3.8, 4) is 0 Å².